The first kappa shape index (κ1) is 25.9. The molecular weight excluding hydrogens is 526 g/mol. The van der Waals surface area contributed by atoms with Crippen LogP contribution in [0.2, 0.25) is 5.02 Å². The van der Waals surface area contributed by atoms with Gasteiger partial charge in [0.1, 0.15) is 6.10 Å². The molecule has 1 heterocycles. The molecule has 1 saturated heterocycles. The number of carbonyl (C=O) groups is 2. The number of hydrogen-bond acceptors (Lipinski definition) is 5. The van der Waals surface area contributed by atoms with Gasteiger partial charge in [-0.2, -0.15) is 0 Å². The van der Waals surface area contributed by atoms with Crippen LogP contribution in [0.5, 0.6) is 0 Å². The van der Waals surface area contributed by atoms with Crippen LogP contribution in [0.1, 0.15) is 43.5 Å². The highest BCUT2D eigenvalue weighted by molar-refractivity contribution is 7.92. The van der Waals surface area contributed by atoms with Crippen LogP contribution in [0.3, 0.4) is 0 Å². The van der Waals surface area contributed by atoms with E-state index in [4.69, 9.17) is 16.3 Å². The van der Waals surface area contributed by atoms with Crippen molar-refractivity contribution in [2.45, 2.75) is 55.4 Å². The van der Waals surface area contributed by atoms with Gasteiger partial charge in [0.2, 0.25) is 0 Å². The third kappa shape index (κ3) is 4.69. The van der Waals surface area contributed by atoms with Gasteiger partial charge in [-0.15, -0.1) is 0 Å². The number of nitrogens with one attached hydrogen (secondary N) is 1. The highest BCUT2D eigenvalue weighted by atomic mass is 35.5. The van der Waals surface area contributed by atoms with Gasteiger partial charge in [-0.25, -0.2) is 22.0 Å². The average molecular weight is 553 g/mol. The van der Waals surface area contributed by atoms with Gasteiger partial charge in [0.25, 0.3) is 5.91 Å². The summed E-state index contributed by atoms with van der Waals surface area (Å²) in [5.74, 6) is -2.57. The van der Waals surface area contributed by atoms with Crippen molar-refractivity contribution in [2.24, 2.45) is 17.8 Å². The number of ether oxygens (including phenoxy) is 1. The molecule has 1 aliphatic heterocycles. The van der Waals surface area contributed by atoms with Crippen LogP contribution in [-0.4, -0.2) is 49.3 Å². The molecule has 37 heavy (non-hydrogen) atoms. The molecule has 2 amide bonds. The second kappa shape index (κ2) is 9.54. The summed E-state index contributed by atoms with van der Waals surface area (Å²) < 4.78 is 59.6. The number of rotatable bonds is 5. The second-order valence-electron chi connectivity index (χ2n) is 10.3. The number of hydrogen-bond donors (Lipinski definition) is 1. The van der Waals surface area contributed by atoms with Crippen molar-refractivity contribution in [1.29, 1.82) is 0 Å². The molecular formula is C26H27ClF2N2O5S. The summed E-state index contributed by atoms with van der Waals surface area (Å²) in [6.07, 6.45) is 1.05. The summed E-state index contributed by atoms with van der Waals surface area (Å²) in [5.41, 5.74) is 0.0495. The number of carbonyl (C=O) groups excluding carboxylic acids is 2. The van der Waals surface area contributed by atoms with Gasteiger partial charge in [-0.1, -0.05) is 18.5 Å². The number of halogens is 3. The van der Waals surface area contributed by atoms with Gasteiger partial charge in [0, 0.05) is 23.4 Å². The van der Waals surface area contributed by atoms with E-state index in [2.05, 4.69) is 12.2 Å². The zero-order valence-electron chi connectivity index (χ0n) is 20.3. The van der Waals surface area contributed by atoms with Crippen molar-refractivity contribution in [3.05, 3.63) is 58.6 Å². The van der Waals surface area contributed by atoms with E-state index in [9.17, 15) is 26.8 Å². The molecule has 7 nitrogen and oxygen atoms in total. The quantitative estimate of drug-likeness (QED) is 0.544. The third-order valence-corrected chi connectivity index (χ3v) is 10.5. The molecule has 2 saturated carbocycles. The molecule has 2 aliphatic carbocycles. The van der Waals surface area contributed by atoms with Crippen molar-refractivity contribution >= 4 is 39.1 Å². The lowest BCUT2D eigenvalue weighted by molar-refractivity contribution is 0.102. The number of benzene rings is 2. The van der Waals surface area contributed by atoms with Crippen molar-refractivity contribution in [2.75, 3.05) is 11.9 Å². The van der Waals surface area contributed by atoms with Gasteiger partial charge < -0.3 is 15.0 Å². The molecule has 0 aromatic heterocycles. The standard InChI is InChI=1S/C26H27ClF2N2O5S/c1-13-7-16-8-18(11-19(13)24(16)31-12-14(2)36-26(31)33)37(34,35)23-9-15(3-5-20(23)27)25(32)30-17-4-6-21(28)22(29)10-17/h3-6,9-10,13-14,16,18-19,24H,7-8,11-12H2,1-2H3,(H,30,32)/t13-,14+,16?,18+,19?,24-/m0/s1. The fourth-order valence-corrected chi connectivity index (χ4v) is 8.66. The molecule has 3 fully saturated rings. The van der Waals surface area contributed by atoms with E-state index in [1.165, 1.54) is 24.3 Å². The predicted octanol–water partition coefficient (Wildman–Crippen LogP) is 5.29. The van der Waals surface area contributed by atoms with Gasteiger partial charge in [0.15, 0.2) is 21.5 Å². The van der Waals surface area contributed by atoms with E-state index in [0.717, 1.165) is 18.6 Å². The molecule has 11 heteroatoms. The minimum absolute atomic E-state index is 0.00356. The summed E-state index contributed by atoms with van der Waals surface area (Å²) in [6, 6.07) is 6.82. The Morgan fingerprint density at radius 3 is 2.49 bits per heavy atom. The third-order valence-electron chi connectivity index (χ3n) is 7.89. The largest absolute Gasteiger partial charge is 0.444 e. The highest BCUT2D eigenvalue weighted by Gasteiger charge is 2.54. The number of amides is 2. The summed E-state index contributed by atoms with van der Waals surface area (Å²) in [4.78, 5) is 26.8. The zero-order chi connectivity index (χ0) is 26.6. The fraction of sp³-hybridized carbons (Fsp3) is 0.462. The maximum Gasteiger partial charge on any atom is 0.410 e. The maximum atomic E-state index is 13.8. The molecule has 1 N–H and O–H groups in total. The topological polar surface area (TPSA) is 92.8 Å². The number of cyclic esters (lactones) is 1. The summed E-state index contributed by atoms with van der Waals surface area (Å²) in [6.45, 7) is 4.44. The van der Waals surface area contributed by atoms with Crippen molar-refractivity contribution in [3.63, 3.8) is 0 Å². The van der Waals surface area contributed by atoms with E-state index < -0.39 is 32.6 Å². The minimum atomic E-state index is -3.91. The van der Waals surface area contributed by atoms with E-state index >= 15 is 0 Å². The van der Waals surface area contributed by atoms with Gasteiger partial charge in [-0.05, 0) is 74.3 Å². The van der Waals surface area contributed by atoms with Crippen LogP contribution in [0.15, 0.2) is 41.3 Å². The Morgan fingerprint density at radius 1 is 1.08 bits per heavy atom. The smallest absolute Gasteiger partial charge is 0.410 e. The Balaban J connectivity index is 1.38. The molecule has 2 unspecified atom stereocenters. The summed E-state index contributed by atoms with van der Waals surface area (Å²) in [7, 11) is -3.91. The van der Waals surface area contributed by atoms with Crippen molar-refractivity contribution < 1.29 is 31.5 Å². The molecule has 2 aromatic carbocycles. The SMILES string of the molecule is C[C@@H]1CN([C@H]2C3C[C@@H](S(=O)(=O)c4cc(C(=O)Nc5ccc(F)c(F)c5)ccc4Cl)CC2[C@@H](C)C3)C(=O)O1. The van der Waals surface area contributed by atoms with Crippen LogP contribution in [0, 0.1) is 29.4 Å². The van der Waals surface area contributed by atoms with E-state index in [1.54, 1.807) is 4.90 Å². The molecule has 0 radical (unpaired) electrons. The van der Waals surface area contributed by atoms with Crippen LogP contribution in [0.4, 0.5) is 19.3 Å². The van der Waals surface area contributed by atoms with Gasteiger partial charge >= 0.3 is 6.09 Å². The van der Waals surface area contributed by atoms with Gasteiger partial charge in [-0.3, -0.25) is 4.79 Å². The summed E-state index contributed by atoms with van der Waals surface area (Å²) in [5, 5.41) is 1.74. The molecule has 6 atom stereocenters. The average Bonchev–Trinajstić information content (AvgIpc) is 3.26. The monoisotopic (exact) mass is 552 g/mol. The van der Waals surface area contributed by atoms with E-state index in [1.807, 2.05) is 6.92 Å². The number of sulfone groups is 1. The van der Waals surface area contributed by atoms with Gasteiger partial charge in [0.05, 0.1) is 21.7 Å². The molecule has 2 bridgehead atoms. The highest BCUT2D eigenvalue weighted by Crippen LogP contribution is 2.51. The van der Waals surface area contributed by atoms with E-state index in [-0.39, 0.29) is 57.2 Å². The maximum absolute atomic E-state index is 13.8. The fourth-order valence-electron chi connectivity index (χ4n) is 6.25. The molecule has 2 aromatic rings. The van der Waals surface area contributed by atoms with Crippen LogP contribution in [0.25, 0.3) is 0 Å². The normalized spacial score (nSPS) is 29.3. The Kier molecular flexibility index (Phi) is 6.68. The van der Waals surface area contributed by atoms with Crippen LogP contribution in [-0.2, 0) is 14.6 Å². The lowest BCUT2D eigenvalue weighted by Gasteiger charge is -2.39. The minimum Gasteiger partial charge on any atom is -0.444 e. The molecule has 0 spiro atoms. The second-order valence-corrected chi connectivity index (χ2v) is 12.9. The predicted molar refractivity (Wildman–Crippen MR) is 133 cm³/mol. The Hall–Kier alpha value is -2.72. The molecule has 5 rings (SSSR count). The zero-order valence-corrected chi connectivity index (χ0v) is 21.9. The summed E-state index contributed by atoms with van der Waals surface area (Å²) >= 11 is 6.32. The molecule has 198 valence electrons. The lowest BCUT2D eigenvalue weighted by Crippen LogP contribution is -2.49. The first-order valence-corrected chi connectivity index (χ1v) is 14.1. The Morgan fingerprint density at radius 2 is 1.84 bits per heavy atom. The van der Waals surface area contributed by atoms with Crippen molar-refractivity contribution in [3.8, 4) is 0 Å². The molecule has 3 aliphatic rings. The number of nitrogens with zero attached hydrogens (tertiary/aromatic N) is 1. The van der Waals surface area contributed by atoms with Crippen LogP contribution >= 0.6 is 11.6 Å². The van der Waals surface area contributed by atoms with Crippen molar-refractivity contribution in [1.82, 2.24) is 4.90 Å². The Labute approximate surface area is 219 Å². The number of anilines is 1. The first-order valence-electron chi connectivity index (χ1n) is 12.2. The Bertz CT molecular complexity index is 1370. The lowest BCUT2D eigenvalue weighted by atomic mass is 9.81. The first-order chi connectivity index (χ1) is 17.5. The van der Waals surface area contributed by atoms with Crippen LogP contribution < -0.4 is 5.32 Å². The van der Waals surface area contributed by atoms with E-state index in [0.29, 0.717) is 19.4 Å². The number of fused-ring (bicyclic) bond motifs is 2.